The lowest BCUT2D eigenvalue weighted by Crippen LogP contribution is -2.15. The molecule has 1 amide bonds. The lowest BCUT2D eigenvalue weighted by atomic mass is 9.86. The maximum atomic E-state index is 12.7. The molecule has 7 nitrogen and oxygen atoms in total. The van der Waals surface area contributed by atoms with E-state index in [2.05, 4.69) is 41.0 Å². The number of hydrogen-bond donors (Lipinski definition) is 3. The summed E-state index contributed by atoms with van der Waals surface area (Å²) in [5, 5.41) is 2.91. The third-order valence-corrected chi connectivity index (χ3v) is 4.69. The molecule has 4 aromatic rings. The van der Waals surface area contributed by atoms with Crippen LogP contribution in [0.1, 0.15) is 36.7 Å². The maximum Gasteiger partial charge on any atom is 0.325 e. The van der Waals surface area contributed by atoms with Crippen LogP contribution in [0.4, 0.5) is 5.69 Å². The molecule has 0 unspecified atom stereocenters. The van der Waals surface area contributed by atoms with Crippen molar-refractivity contribution >= 4 is 22.8 Å². The summed E-state index contributed by atoms with van der Waals surface area (Å²) in [7, 11) is 0. The van der Waals surface area contributed by atoms with Gasteiger partial charge >= 0.3 is 5.69 Å². The first-order valence-electron chi connectivity index (χ1n) is 9.56. The Kier molecular flexibility index (Phi) is 4.87. The number of fused-ring (bicyclic) bond motifs is 1. The van der Waals surface area contributed by atoms with E-state index in [1.807, 2.05) is 18.2 Å². The minimum Gasteiger partial charge on any atom is -0.455 e. The van der Waals surface area contributed by atoms with E-state index in [1.54, 1.807) is 42.6 Å². The highest BCUT2D eigenvalue weighted by Gasteiger charge is 2.16. The smallest absolute Gasteiger partial charge is 0.325 e. The van der Waals surface area contributed by atoms with E-state index < -0.39 is 0 Å². The van der Waals surface area contributed by atoms with Gasteiger partial charge in [0.05, 0.1) is 0 Å². The van der Waals surface area contributed by atoms with Gasteiger partial charge in [0.2, 0.25) is 0 Å². The zero-order chi connectivity index (χ0) is 21.3. The molecule has 152 valence electrons. The van der Waals surface area contributed by atoms with Crippen LogP contribution in [0.5, 0.6) is 11.5 Å². The molecule has 7 heteroatoms. The number of carbonyl (C=O) groups excluding carboxylic acids is 1. The number of hydrogen-bond acceptors (Lipinski definition) is 4. The van der Waals surface area contributed by atoms with E-state index in [0.29, 0.717) is 33.9 Å². The summed E-state index contributed by atoms with van der Waals surface area (Å²) >= 11 is 0. The largest absolute Gasteiger partial charge is 0.455 e. The summed E-state index contributed by atoms with van der Waals surface area (Å²) in [5.74, 6) is 0.782. The molecule has 2 aromatic heterocycles. The summed E-state index contributed by atoms with van der Waals surface area (Å²) in [6.45, 7) is 6.33. The van der Waals surface area contributed by atoms with E-state index in [1.165, 1.54) is 0 Å². The van der Waals surface area contributed by atoms with Crippen LogP contribution >= 0.6 is 0 Å². The number of aromatic nitrogens is 3. The van der Waals surface area contributed by atoms with Gasteiger partial charge in [-0.25, -0.2) is 9.78 Å². The summed E-state index contributed by atoms with van der Waals surface area (Å²) in [6, 6.07) is 16.3. The van der Waals surface area contributed by atoms with Crippen molar-refractivity contribution in [3.63, 3.8) is 0 Å². The number of amides is 1. The predicted octanol–water partition coefficient (Wildman–Crippen LogP) is 4.59. The Morgan fingerprint density at radius 2 is 1.83 bits per heavy atom. The quantitative estimate of drug-likeness (QED) is 0.465. The molecule has 0 spiro atoms. The number of carbonyl (C=O) groups is 1. The van der Waals surface area contributed by atoms with Crippen molar-refractivity contribution in [3.05, 3.63) is 82.4 Å². The van der Waals surface area contributed by atoms with E-state index in [4.69, 9.17) is 4.74 Å². The molecule has 0 fully saturated rings. The normalized spacial score (nSPS) is 11.4. The molecule has 3 N–H and O–H groups in total. The first-order valence-corrected chi connectivity index (χ1v) is 9.56. The molecular weight excluding hydrogens is 380 g/mol. The van der Waals surface area contributed by atoms with Gasteiger partial charge < -0.3 is 15.0 Å². The Bertz CT molecular complexity index is 1280. The molecular formula is C23H22N4O3. The number of benzene rings is 2. The second-order valence-electron chi connectivity index (χ2n) is 8.03. The van der Waals surface area contributed by atoms with Gasteiger partial charge in [-0.15, -0.1) is 0 Å². The molecule has 2 aromatic carbocycles. The molecule has 4 rings (SSSR count). The second kappa shape index (κ2) is 7.51. The summed E-state index contributed by atoms with van der Waals surface area (Å²) in [5.41, 5.74) is 2.79. The monoisotopic (exact) mass is 402 g/mol. The van der Waals surface area contributed by atoms with Gasteiger partial charge in [0.1, 0.15) is 11.3 Å². The summed E-state index contributed by atoms with van der Waals surface area (Å²) in [6.07, 6.45) is 1.55. The van der Waals surface area contributed by atoms with Crippen molar-refractivity contribution in [1.82, 2.24) is 15.0 Å². The van der Waals surface area contributed by atoms with Gasteiger partial charge in [-0.2, -0.15) is 0 Å². The standard InChI is InChI=1S/C23H22N4O3/c1-23(2,3)15-7-4-6-14(12-15)21(28)25-16-8-5-9-17(13-16)30-18-10-11-24-20-19(18)26-22(29)27-20/h4-13H,1-3H3,(H,25,28)(H2,24,26,27,29). The van der Waals surface area contributed by atoms with Crippen LogP contribution in [0.3, 0.4) is 0 Å². The lowest BCUT2D eigenvalue weighted by Gasteiger charge is -2.19. The van der Waals surface area contributed by atoms with Crippen molar-refractivity contribution in [2.45, 2.75) is 26.2 Å². The van der Waals surface area contributed by atoms with Crippen LogP contribution in [-0.2, 0) is 5.41 Å². The number of nitrogens with one attached hydrogen (secondary N) is 3. The fourth-order valence-electron chi connectivity index (χ4n) is 3.09. The van der Waals surface area contributed by atoms with Gasteiger partial charge in [0.25, 0.3) is 5.91 Å². The fourth-order valence-corrected chi connectivity index (χ4v) is 3.09. The second-order valence-corrected chi connectivity index (χ2v) is 8.03. The number of pyridine rings is 1. The molecule has 0 saturated heterocycles. The fraction of sp³-hybridized carbons (Fsp3) is 0.174. The van der Waals surface area contributed by atoms with E-state index in [0.717, 1.165) is 5.56 Å². The average molecular weight is 402 g/mol. The minimum absolute atomic E-state index is 0.0425. The highest BCUT2D eigenvalue weighted by atomic mass is 16.5. The molecule has 0 bridgehead atoms. The number of anilines is 1. The minimum atomic E-state index is -0.355. The Hall–Kier alpha value is -3.87. The first-order chi connectivity index (χ1) is 14.3. The van der Waals surface area contributed by atoms with Crippen LogP contribution < -0.4 is 15.7 Å². The molecule has 0 atom stereocenters. The lowest BCUT2D eigenvalue weighted by molar-refractivity contribution is 0.102. The van der Waals surface area contributed by atoms with E-state index >= 15 is 0 Å². The number of aromatic amines is 2. The number of rotatable bonds is 4. The number of H-pyrrole nitrogens is 2. The zero-order valence-electron chi connectivity index (χ0n) is 16.9. The third kappa shape index (κ3) is 4.10. The van der Waals surface area contributed by atoms with Gasteiger partial charge in [-0.3, -0.25) is 9.78 Å². The molecule has 0 saturated carbocycles. The Labute approximate surface area is 173 Å². The Morgan fingerprint density at radius 1 is 1.03 bits per heavy atom. The van der Waals surface area contributed by atoms with Gasteiger partial charge in [0.15, 0.2) is 11.4 Å². The van der Waals surface area contributed by atoms with Crippen LogP contribution in [0.25, 0.3) is 11.2 Å². The Balaban J connectivity index is 1.55. The highest BCUT2D eigenvalue weighted by molar-refractivity contribution is 6.04. The predicted molar refractivity (Wildman–Crippen MR) is 116 cm³/mol. The van der Waals surface area contributed by atoms with Crippen molar-refractivity contribution in [3.8, 4) is 11.5 Å². The topological polar surface area (TPSA) is 99.9 Å². The van der Waals surface area contributed by atoms with Gasteiger partial charge in [-0.05, 0) is 35.2 Å². The Morgan fingerprint density at radius 3 is 2.63 bits per heavy atom. The molecule has 30 heavy (non-hydrogen) atoms. The van der Waals surface area contributed by atoms with E-state index in [-0.39, 0.29) is 17.0 Å². The third-order valence-electron chi connectivity index (χ3n) is 4.69. The first kappa shape index (κ1) is 19.4. The zero-order valence-corrected chi connectivity index (χ0v) is 16.9. The van der Waals surface area contributed by atoms with Crippen molar-refractivity contribution in [2.75, 3.05) is 5.32 Å². The molecule has 0 aliphatic heterocycles. The maximum absolute atomic E-state index is 12.7. The number of nitrogens with zero attached hydrogens (tertiary/aromatic N) is 1. The number of ether oxygens (including phenoxy) is 1. The van der Waals surface area contributed by atoms with Crippen LogP contribution in [0, 0.1) is 0 Å². The molecule has 2 heterocycles. The molecule has 0 radical (unpaired) electrons. The number of imidazole rings is 1. The van der Waals surface area contributed by atoms with Crippen LogP contribution in [0.2, 0.25) is 0 Å². The average Bonchev–Trinajstić information content (AvgIpc) is 3.09. The summed E-state index contributed by atoms with van der Waals surface area (Å²) in [4.78, 5) is 33.6. The summed E-state index contributed by atoms with van der Waals surface area (Å²) < 4.78 is 5.92. The van der Waals surface area contributed by atoms with Crippen LogP contribution in [-0.4, -0.2) is 20.9 Å². The SMILES string of the molecule is CC(C)(C)c1cccc(C(=O)Nc2cccc(Oc3ccnc4[nH]c(=O)[nH]c34)c2)c1. The van der Waals surface area contributed by atoms with Crippen molar-refractivity contribution in [1.29, 1.82) is 0 Å². The molecule has 0 aliphatic carbocycles. The van der Waals surface area contributed by atoms with Crippen molar-refractivity contribution < 1.29 is 9.53 Å². The highest BCUT2D eigenvalue weighted by Crippen LogP contribution is 2.28. The molecule has 0 aliphatic rings. The van der Waals surface area contributed by atoms with E-state index in [9.17, 15) is 9.59 Å². The van der Waals surface area contributed by atoms with Crippen LogP contribution in [0.15, 0.2) is 65.6 Å². The van der Waals surface area contributed by atoms with Crippen molar-refractivity contribution in [2.24, 2.45) is 0 Å². The van der Waals surface area contributed by atoms with Gasteiger partial charge in [-0.1, -0.05) is 39.0 Å². The van der Waals surface area contributed by atoms with Gasteiger partial charge in [0, 0.05) is 29.6 Å².